The maximum Gasteiger partial charge on any atom is 0.317 e. The van der Waals surface area contributed by atoms with E-state index in [1.54, 1.807) is 6.07 Å². The van der Waals surface area contributed by atoms with Crippen molar-refractivity contribution in [3.63, 3.8) is 0 Å². The highest BCUT2D eigenvalue weighted by atomic mass is 16.5. The summed E-state index contributed by atoms with van der Waals surface area (Å²) in [5.41, 5.74) is 0.322. The molecule has 1 saturated heterocycles. The molecule has 0 saturated carbocycles. The van der Waals surface area contributed by atoms with Crippen molar-refractivity contribution in [3.05, 3.63) is 18.0 Å². The fourth-order valence-corrected chi connectivity index (χ4v) is 1.38. The monoisotopic (exact) mass is 205 g/mol. The van der Waals surface area contributed by atoms with Crippen molar-refractivity contribution < 1.29 is 9.47 Å². The lowest BCUT2D eigenvalue weighted by Crippen LogP contribution is -2.13. The average molecular weight is 205 g/mol. The molecule has 5 heteroatoms. The molecule has 0 radical (unpaired) electrons. The first-order valence-electron chi connectivity index (χ1n) is 4.82. The van der Waals surface area contributed by atoms with Crippen molar-refractivity contribution in [2.75, 3.05) is 19.8 Å². The number of aromatic nitrogens is 2. The standard InChI is InChI=1S/C10H11N3O2/c11-5-9-1-3-12-10(13-9)15-7-8-2-4-14-6-8/h1,3,8H,2,4,6-7H2. The Morgan fingerprint density at radius 3 is 3.33 bits per heavy atom. The van der Waals surface area contributed by atoms with Crippen molar-refractivity contribution >= 4 is 0 Å². The van der Waals surface area contributed by atoms with Crippen LogP contribution in [0, 0.1) is 17.2 Å². The van der Waals surface area contributed by atoms with Gasteiger partial charge in [0, 0.05) is 18.7 Å². The lowest BCUT2D eigenvalue weighted by atomic mass is 10.1. The van der Waals surface area contributed by atoms with Crippen LogP contribution < -0.4 is 4.74 Å². The molecule has 0 spiro atoms. The first kappa shape index (κ1) is 9.87. The normalized spacial score (nSPS) is 19.8. The van der Waals surface area contributed by atoms with Crippen LogP contribution in [0.5, 0.6) is 6.01 Å². The second kappa shape index (κ2) is 4.71. The molecule has 0 aliphatic carbocycles. The van der Waals surface area contributed by atoms with Gasteiger partial charge in [-0.15, -0.1) is 0 Å². The predicted molar refractivity (Wildman–Crippen MR) is 51.2 cm³/mol. The van der Waals surface area contributed by atoms with Crippen LogP contribution in [-0.2, 0) is 4.74 Å². The van der Waals surface area contributed by atoms with Gasteiger partial charge in [0.15, 0.2) is 0 Å². The number of hydrogen-bond acceptors (Lipinski definition) is 5. The molecular weight excluding hydrogens is 194 g/mol. The van der Waals surface area contributed by atoms with E-state index in [-0.39, 0.29) is 6.01 Å². The van der Waals surface area contributed by atoms with Gasteiger partial charge in [-0.25, -0.2) is 4.98 Å². The van der Waals surface area contributed by atoms with E-state index < -0.39 is 0 Å². The molecule has 1 aromatic heterocycles. The van der Waals surface area contributed by atoms with Crippen LogP contribution in [0.3, 0.4) is 0 Å². The third kappa shape index (κ3) is 2.64. The first-order valence-corrected chi connectivity index (χ1v) is 4.82. The minimum Gasteiger partial charge on any atom is -0.463 e. The van der Waals surface area contributed by atoms with Gasteiger partial charge in [0.1, 0.15) is 11.8 Å². The molecule has 1 fully saturated rings. The van der Waals surface area contributed by atoms with E-state index >= 15 is 0 Å². The summed E-state index contributed by atoms with van der Waals surface area (Å²) in [7, 11) is 0. The molecule has 0 bridgehead atoms. The highest BCUT2D eigenvalue weighted by Crippen LogP contribution is 2.13. The van der Waals surface area contributed by atoms with Gasteiger partial charge >= 0.3 is 6.01 Å². The Morgan fingerprint density at radius 1 is 1.67 bits per heavy atom. The lowest BCUT2D eigenvalue weighted by molar-refractivity contribution is 0.163. The van der Waals surface area contributed by atoms with E-state index in [2.05, 4.69) is 9.97 Å². The fourth-order valence-electron chi connectivity index (χ4n) is 1.38. The first-order chi connectivity index (χ1) is 7.38. The summed E-state index contributed by atoms with van der Waals surface area (Å²) < 4.78 is 10.6. The van der Waals surface area contributed by atoms with Gasteiger partial charge in [-0.1, -0.05) is 0 Å². The molecule has 5 nitrogen and oxygen atoms in total. The Labute approximate surface area is 87.7 Å². The maximum atomic E-state index is 8.63. The molecule has 1 atom stereocenters. The molecule has 15 heavy (non-hydrogen) atoms. The number of nitrogens with zero attached hydrogens (tertiary/aromatic N) is 3. The summed E-state index contributed by atoms with van der Waals surface area (Å²) in [4.78, 5) is 7.84. The Hall–Kier alpha value is -1.67. The van der Waals surface area contributed by atoms with Crippen LogP contribution in [0.2, 0.25) is 0 Å². The summed E-state index contributed by atoms with van der Waals surface area (Å²) in [5.74, 6) is 0.416. The summed E-state index contributed by atoms with van der Waals surface area (Å²) in [6, 6.07) is 3.75. The van der Waals surface area contributed by atoms with Crippen LogP contribution >= 0.6 is 0 Å². The van der Waals surface area contributed by atoms with E-state index in [0.29, 0.717) is 18.2 Å². The summed E-state index contributed by atoms with van der Waals surface area (Å²) in [5, 5.41) is 8.63. The lowest BCUT2D eigenvalue weighted by Gasteiger charge is -2.07. The van der Waals surface area contributed by atoms with E-state index in [0.717, 1.165) is 19.6 Å². The largest absolute Gasteiger partial charge is 0.463 e. The van der Waals surface area contributed by atoms with Crippen LogP contribution in [0.25, 0.3) is 0 Å². The van der Waals surface area contributed by atoms with Crippen LogP contribution in [0.15, 0.2) is 12.3 Å². The van der Waals surface area contributed by atoms with Crippen molar-refractivity contribution in [1.29, 1.82) is 5.26 Å². The fraction of sp³-hybridized carbons (Fsp3) is 0.500. The van der Waals surface area contributed by atoms with Crippen LogP contribution in [-0.4, -0.2) is 29.8 Å². The van der Waals surface area contributed by atoms with E-state index in [1.807, 2.05) is 6.07 Å². The van der Waals surface area contributed by atoms with Crippen molar-refractivity contribution in [1.82, 2.24) is 9.97 Å². The third-order valence-electron chi connectivity index (χ3n) is 2.22. The molecule has 1 aromatic rings. The third-order valence-corrected chi connectivity index (χ3v) is 2.22. The van der Waals surface area contributed by atoms with Crippen LogP contribution in [0.4, 0.5) is 0 Å². The van der Waals surface area contributed by atoms with Gasteiger partial charge in [-0.3, -0.25) is 0 Å². The zero-order valence-electron chi connectivity index (χ0n) is 8.22. The molecule has 2 rings (SSSR count). The Bertz CT molecular complexity index is 369. The molecule has 1 aliphatic rings. The highest BCUT2D eigenvalue weighted by molar-refractivity contribution is 5.19. The zero-order chi connectivity index (χ0) is 10.5. The predicted octanol–water partition coefficient (Wildman–Crippen LogP) is 0.764. The minimum atomic E-state index is 0.265. The van der Waals surface area contributed by atoms with Crippen molar-refractivity contribution in [3.8, 4) is 12.1 Å². The molecule has 1 unspecified atom stereocenters. The van der Waals surface area contributed by atoms with Crippen molar-refractivity contribution in [2.45, 2.75) is 6.42 Å². The molecule has 2 heterocycles. The number of rotatable bonds is 3. The zero-order valence-corrected chi connectivity index (χ0v) is 8.22. The second-order valence-electron chi connectivity index (χ2n) is 3.38. The average Bonchev–Trinajstić information content (AvgIpc) is 2.79. The SMILES string of the molecule is N#Cc1ccnc(OCC2CCOC2)n1. The smallest absolute Gasteiger partial charge is 0.317 e. The molecule has 0 amide bonds. The number of nitriles is 1. The molecule has 0 aromatic carbocycles. The summed E-state index contributed by atoms with van der Waals surface area (Å²) in [6.07, 6.45) is 2.53. The minimum absolute atomic E-state index is 0.265. The Morgan fingerprint density at radius 2 is 2.60 bits per heavy atom. The quantitative estimate of drug-likeness (QED) is 0.728. The van der Waals surface area contributed by atoms with E-state index in [1.165, 1.54) is 6.20 Å². The summed E-state index contributed by atoms with van der Waals surface area (Å²) in [6.45, 7) is 2.08. The van der Waals surface area contributed by atoms with Gasteiger partial charge in [0.2, 0.25) is 0 Å². The highest BCUT2D eigenvalue weighted by Gasteiger charge is 2.16. The van der Waals surface area contributed by atoms with Gasteiger partial charge in [0.05, 0.1) is 13.2 Å². The van der Waals surface area contributed by atoms with E-state index in [4.69, 9.17) is 14.7 Å². The summed E-state index contributed by atoms with van der Waals surface area (Å²) >= 11 is 0. The van der Waals surface area contributed by atoms with Crippen molar-refractivity contribution in [2.24, 2.45) is 5.92 Å². The Balaban J connectivity index is 1.90. The second-order valence-corrected chi connectivity index (χ2v) is 3.38. The van der Waals surface area contributed by atoms with Gasteiger partial charge in [-0.05, 0) is 12.5 Å². The molecular formula is C10H11N3O2. The molecule has 0 N–H and O–H groups in total. The van der Waals surface area contributed by atoms with Gasteiger partial charge < -0.3 is 9.47 Å². The Kier molecular flexibility index (Phi) is 3.10. The van der Waals surface area contributed by atoms with Crippen LogP contribution in [0.1, 0.15) is 12.1 Å². The van der Waals surface area contributed by atoms with Gasteiger partial charge in [0.25, 0.3) is 0 Å². The van der Waals surface area contributed by atoms with E-state index in [9.17, 15) is 0 Å². The maximum absolute atomic E-state index is 8.63. The topological polar surface area (TPSA) is 68.0 Å². The number of ether oxygens (including phenoxy) is 2. The molecule has 78 valence electrons. The van der Waals surface area contributed by atoms with Gasteiger partial charge in [-0.2, -0.15) is 10.2 Å². The number of hydrogen-bond donors (Lipinski definition) is 0. The molecule has 1 aliphatic heterocycles.